The molecule has 3 heterocycles. The van der Waals surface area contributed by atoms with Gasteiger partial charge in [-0.25, -0.2) is 9.97 Å². The normalized spacial score (nSPS) is 21.7. The molecule has 2 aromatic heterocycles. The molecule has 2 aliphatic rings. The molecule has 2 fully saturated rings. The van der Waals surface area contributed by atoms with Gasteiger partial charge in [0.05, 0.1) is 28.8 Å². The number of ether oxygens (including phenoxy) is 2. The second-order valence-electron chi connectivity index (χ2n) is 9.46. The summed E-state index contributed by atoms with van der Waals surface area (Å²) in [6.45, 7) is 3.43. The van der Waals surface area contributed by atoms with Gasteiger partial charge >= 0.3 is 0 Å². The van der Waals surface area contributed by atoms with Crippen LogP contribution in [0.15, 0.2) is 30.5 Å². The van der Waals surface area contributed by atoms with Crippen molar-refractivity contribution in [2.75, 3.05) is 50.7 Å². The van der Waals surface area contributed by atoms with E-state index in [0.29, 0.717) is 36.9 Å². The number of nitrogens with one attached hydrogen (secondary N) is 3. The molecule has 0 aromatic carbocycles. The molecule has 1 aliphatic carbocycles. The Balaban J connectivity index is 1.38. The molecule has 0 amide bonds. The minimum atomic E-state index is -0.417. The van der Waals surface area contributed by atoms with E-state index in [9.17, 15) is 5.26 Å². The smallest absolute Gasteiger partial charge is 0.126 e. The number of hydrogen-bond donors (Lipinski definition) is 3. The third kappa shape index (κ3) is 7.05. The molecule has 0 radical (unpaired) electrons. The lowest BCUT2D eigenvalue weighted by molar-refractivity contribution is 0.0455. The Kier molecular flexibility index (Phi) is 9.16. The molecule has 0 unspecified atom stereocenters. The van der Waals surface area contributed by atoms with Crippen LogP contribution >= 0.6 is 11.6 Å². The van der Waals surface area contributed by atoms with Gasteiger partial charge in [0.25, 0.3) is 0 Å². The van der Waals surface area contributed by atoms with Crippen molar-refractivity contribution in [1.82, 2.24) is 15.3 Å². The van der Waals surface area contributed by atoms with Gasteiger partial charge in [-0.2, -0.15) is 5.26 Å². The first-order valence-corrected chi connectivity index (χ1v) is 12.8. The Morgan fingerprint density at radius 1 is 1.17 bits per heavy atom. The van der Waals surface area contributed by atoms with Gasteiger partial charge in [-0.3, -0.25) is 0 Å². The molecule has 3 N–H and O–H groups in total. The largest absolute Gasteiger partial charge is 0.383 e. The number of rotatable bonds is 10. The van der Waals surface area contributed by atoms with E-state index in [0.717, 1.165) is 74.6 Å². The molecular formula is C26H35ClN6O2. The van der Waals surface area contributed by atoms with Gasteiger partial charge in [0.15, 0.2) is 0 Å². The fraction of sp³-hybridized carbons (Fsp3) is 0.577. The molecule has 9 heteroatoms. The van der Waals surface area contributed by atoms with Crippen molar-refractivity contribution >= 4 is 23.2 Å². The van der Waals surface area contributed by atoms with Gasteiger partial charge in [-0.05, 0) is 56.7 Å². The molecule has 0 spiro atoms. The van der Waals surface area contributed by atoms with Crippen molar-refractivity contribution in [3.05, 3.63) is 35.5 Å². The summed E-state index contributed by atoms with van der Waals surface area (Å²) < 4.78 is 10.6. The molecule has 0 atom stereocenters. The van der Waals surface area contributed by atoms with Crippen molar-refractivity contribution in [1.29, 1.82) is 5.26 Å². The molecule has 2 aromatic rings. The lowest BCUT2D eigenvalue weighted by Crippen LogP contribution is -2.38. The third-order valence-corrected chi connectivity index (χ3v) is 7.29. The van der Waals surface area contributed by atoms with Crippen LogP contribution in [-0.2, 0) is 9.47 Å². The fourth-order valence-corrected chi connectivity index (χ4v) is 4.96. The molecule has 1 saturated carbocycles. The summed E-state index contributed by atoms with van der Waals surface area (Å²) in [5, 5.41) is 20.8. The van der Waals surface area contributed by atoms with E-state index < -0.39 is 5.41 Å². The summed E-state index contributed by atoms with van der Waals surface area (Å²) in [5.74, 6) is 1.54. The monoisotopic (exact) mass is 498 g/mol. The van der Waals surface area contributed by atoms with Crippen LogP contribution in [0.4, 0.5) is 11.6 Å². The summed E-state index contributed by atoms with van der Waals surface area (Å²) >= 11 is 6.52. The van der Waals surface area contributed by atoms with Crippen molar-refractivity contribution in [3.8, 4) is 17.3 Å². The van der Waals surface area contributed by atoms with Gasteiger partial charge in [0.1, 0.15) is 11.6 Å². The first-order valence-electron chi connectivity index (χ1n) is 12.5. The number of anilines is 2. The topological polar surface area (TPSA) is 104 Å². The van der Waals surface area contributed by atoms with Gasteiger partial charge < -0.3 is 25.4 Å². The number of methoxy groups -OCH3 is 1. The number of aromatic nitrogens is 2. The van der Waals surface area contributed by atoms with E-state index in [1.54, 1.807) is 13.3 Å². The lowest BCUT2D eigenvalue weighted by Gasteiger charge is -2.30. The van der Waals surface area contributed by atoms with Crippen LogP contribution in [0.5, 0.6) is 0 Å². The molecule has 1 saturated heterocycles. The van der Waals surface area contributed by atoms with Crippen LogP contribution in [0.2, 0.25) is 5.02 Å². The van der Waals surface area contributed by atoms with Crippen LogP contribution in [0.3, 0.4) is 0 Å². The highest BCUT2D eigenvalue weighted by molar-refractivity contribution is 6.33. The lowest BCUT2D eigenvalue weighted by atomic mass is 9.82. The van der Waals surface area contributed by atoms with Crippen molar-refractivity contribution in [2.45, 2.75) is 50.6 Å². The maximum Gasteiger partial charge on any atom is 0.126 e. The summed E-state index contributed by atoms with van der Waals surface area (Å²) in [4.78, 5) is 9.29. The van der Waals surface area contributed by atoms with Crippen molar-refractivity contribution < 1.29 is 9.47 Å². The van der Waals surface area contributed by atoms with Gasteiger partial charge in [-0.15, -0.1) is 0 Å². The molecule has 188 valence electrons. The molecule has 4 rings (SSSR count). The number of pyridine rings is 2. The Hall–Kier alpha value is -2.44. The van der Waals surface area contributed by atoms with E-state index in [1.165, 1.54) is 0 Å². The number of halogens is 1. The Bertz CT molecular complexity index is 1000. The van der Waals surface area contributed by atoms with Crippen LogP contribution in [-0.4, -0.2) is 62.1 Å². The first-order chi connectivity index (χ1) is 17.1. The summed E-state index contributed by atoms with van der Waals surface area (Å²) in [7, 11) is 1.73. The van der Waals surface area contributed by atoms with Crippen LogP contribution in [0, 0.1) is 16.7 Å². The van der Waals surface area contributed by atoms with Crippen LogP contribution in [0.25, 0.3) is 11.3 Å². The van der Waals surface area contributed by atoms with Gasteiger partial charge in [0, 0.05) is 57.3 Å². The second kappa shape index (κ2) is 12.5. The zero-order valence-electron chi connectivity index (χ0n) is 20.4. The Morgan fingerprint density at radius 3 is 2.69 bits per heavy atom. The van der Waals surface area contributed by atoms with Gasteiger partial charge in [0.2, 0.25) is 0 Å². The number of hydrogen-bond acceptors (Lipinski definition) is 8. The maximum absolute atomic E-state index is 9.71. The predicted molar refractivity (Wildman–Crippen MR) is 139 cm³/mol. The molecule has 8 nitrogen and oxygen atoms in total. The van der Waals surface area contributed by atoms with Crippen LogP contribution < -0.4 is 16.0 Å². The number of nitrogens with zero attached hydrogens (tertiary/aromatic N) is 3. The summed E-state index contributed by atoms with van der Waals surface area (Å²) in [6, 6.07) is 11.2. The fourth-order valence-electron chi connectivity index (χ4n) is 4.76. The first kappa shape index (κ1) is 25.6. The highest BCUT2D eigenvalue weighted by atomic mass is 35.5. The predicted octanol–water partition coefficient (Wildman–Crippen LogP) is 4.49. The van der Waals surface area contributed by atoms with Gasteiger partial charge in [-0.1, -0.05) is 17.7 Å². The highest BCUT2D eigenvalue weighted by Crippen LogP contribution is 2.32. The van der Waals surface area contributed by atoms with E-state index in [4.69, 9.17) is 26.1 Å². The molecule has 0 bridgehead atoms. The van der Waals surface area contributed by atoms with E-state index in [1.807, 2.05) is 24.3 Å². The maximum atomic E-state index is 9.71. The zero-order valence-corrected chi connectivity index (χ0v) is 21.1. The standard InChI is InChI=1S/C26H35ClN6O2/c1-34-14-11-29-19-5-7-20(8-6-19)32-25-15-21(22(27)16-30-25)23-3-2-4-24(33-23)31-18-26(17-28)9-12-35-13-10-26/h2-4,15-16,19-20,29H,5-14,18H2,1H3,(H,30,32)(H,31,33)/t19-,20-. The minimum absolute atomic E-state index is 0.389. The molecule has 35 heavy (non-hydrogen) atoms. The quantitative estimate of drug-likeness (QED) is 0.412. The zero-order chi connectivity index (χ0) is 24.5. The number of nitriles is 1. The van der Waals surface area contributed by atoms with Crippen LogP contribution in [0.1, 0.15) is 38.5 Å². The highest BCUT2D eigenvalue weighted by Gasteiger charge is 2.32. The van der Waals surface area contributed by atoms with E-state index in [2.05, 4.69) is 27.0 Å². The Morgan fingerprint density at radius 2 is 1.94 bits per heavy atom. The third-order valence-electron chi connectivity index (χ3n) is 6.99. The average Bonchev–Trinajstić information content (AvgIpc) is 2.90. The molecular weight excluding hydrogens is 464 g/mol. The Labute approximate surface area is 212 Å². The molecule has 1 aliphatic heterocycles. The average molecular weight is 499 g/mol. The van der Waals surface area contributed by atoms with Crippen molar-refractivity contribution in [2.24, 2.45) is 5.41 Å². The summed E-state index contributed by atoms with van der Waals surface area (Å²) in [5.41, 5.74) is 1.19. The van der Waals surface area contributed by atoms with E-state index >= 15 is 0 Å². The summed E-state index contributed by atoms with van der Waals surface area (Å²) in [6.07, 6.45) is 7.59. The minimum Gasteiger partial charge on any atom is -0.383 e. The van der Waals surface area contributed by atoms with Crippen molar-refractivity contribution in [3.63, 3.8) is 0 Å². The second-order valence-corrected chi connectivity index (χ2v) is 9.86. The SMILES string of the molecule is COCCN[C@H]1CC[C@H](Nc2cc(-c3cccc(NCC4(C#N)CCOCC4)n3)c(Cl)cn2)CC1. The van der Waals surface area contributed by atoms with E-state index in [-0.39, 0.29) is 0 Å².